The molecule has 0 bridgehead atoms. The van der Waals surface area contributed by atoms with Gasteiger partial charge in [0.2, 0.25) is 17.7 Å². The molecule has 0 atom stereocenters. The number of carbonyl (C=O) groups is 3. The predicted molar refractivity (Wildman–Crippen MR) is 98.1 cm³/mol. The second kappa shape index (κ2) is 8.37. The van der Waals surface area contributed by atoms with Crippen LogP contribution in [0.15, 0.2) is 6.07 Å². The molecule has 0 saturated heterocycles. The van der Waals surface area contributed by atoms with Crippen LogP contribution in [-0.2, 0) is 22.7 Å². The highest BCUT2D eigenvalue weighted by atomic mass is 16.5. The van der Waals surface area contributed by atoms with Gasteiger partial charge in [0.1, 0.15) is 0 Å². The average Bonchev–Trinajstić information content (AvgIpc) is 3.27. The number of methoxy groups -OCH3 is 1. The van der Waals surface area contributed by atoms with Crippen LogP contribution in [0, 0.1) is 0 Å². The van der Waals surface area contributed by atoms with Gasteiger partial charge in [-0.3, -0.25) is 14.4 Å². The van der Waals surface area contributed by atoms with Crippen molar-refractivity contribution >= 4 is 17.7 Å². The monoisotopic (exact) mass is 374 g/mol. The molecule has 0 aromatic carbocycles. The molecule has 1 saturated carbocycles. The van der Waals surface area contributed by atoms with Crippen molar-refractivity contribution in [3.05, 3.63) is 22.9 Å². The van der Waals surface area contributed by atoms with Crippen molar-refractivity contribution in [1.29, 1.82) is 0 Å². The fourth-order valence-corrected chi connectivity index (χ4v) is 3.72. The zero-order valence-corrected chi connectivity index (χ0v) is 15.8. The molecule has 0 spiro atoms. The molecule has 3 rings (SSSR count). The fraction of sp³-hybridized carbons (Fsp3) is 0.579. The highest BCUT2D eigenvalue weighted by Crippen LogP contribution is 2.33. The number of ether oxygens (including phenoxy) is 1. The van der Waals surface area contributed by atoms with Crippen molar-refractivity contribution in [2.24, 2.45) is 0 Å². The third kappa shape index (κ3) is 4.37. The number of carbonyl (C=O) groups excluding carboxylic acids is 3. The van der Waals surface area contributed by atoms with Gasteiger partial charge in [0.25, 0.3) is 5.91 Å². The quantitative estimate of drug-likeness (QED) is 0.745. The smallest absolute Gasteiger partial charge is 0.256 e. The molecule has 27 heavy (non-hydrogen) atoms. The Balaban J connectivity index is 1.66. The van der Waals surface area contributed by atoms with Crippen molar-refractivity contribution in [3.8, 4) is 5.88 Å². The van der Waals surface area contributed by atoms with Crippen molar-refractivity contribution in [3.63, 3.8) is 0 Å². The summed E-state index contributed by atoms with van der Waals surface area (Å²) in [5, 5.41) is 5.37. The van der Waals surface area contributed by atoms with E-state index in [1.807, 2.05) is 4.90 Å². The zero-order valence-electron chi connectivity index (χ0n) is 15.8. The lowest BCUT2D eigenvalue weighted by molar-refractivity contribution is -0.121. The first kappa shape index (κ1) is 19.1. The minimum absolute atomic E-state index is 0.0188. The summed E-state index contributed by atoms with van der Waals surface area (Å²) < 4.78 is 5.36. The van der Waals surface area contributed by atoms with Gasteiger partial charge in [0.15, 0.2) is 0 Å². The molecule has 1 aliphatic heterocycles. The molecular formula is C19H26N4O4. The van der Waals surface area contributed by atoms with Crippen molar-refractivity contribution < 1.29 is 19.1 Å². The summed E-state index contributed by atoms with van der Waals surface area (Å²) in [4.78, 5) is 42.0. The summed E-state index contributed by atoms with van der Waals surface area (Å²) in [6.45, 7) is 2.44. The number of hydrogen-bond acceptors (Lipinski definition) is 5. The molecular weight excluding hydrogens is 348 g/mol. The molecule has 0 unspecified atom stereocenters. The molecule has 1 fully saturated rings. The van der Waals surface area contributed by atoms with Crippen LogP contribution in [0.25, 0.3) is 0 Å². The largest absolute Gasteiger partial charge is 0.481 e. The summed E-state index contributed by atoms with van der Waals surface area (Å²) in [5.74, 6) is 0.0881. The molecule has 3 amide bonds. The highest BCUT2D eigenvalue weighted by molar-refractivity contribution is 5.98. The molecule has 0 radical (unpaired) electrons. The average molecular weight is 374 g/mol. The maximum absolute atomic E-state index is 12.8. The minimum Gasteiger partial charge on any atom is -0.481 e. The number of hydrogen-bond donors (Lipinski definition) is 2. The lowest BCUT2D eigenvalue weighted by Gasteiger charge is -2.22. The maximum Gasteiger partial charge on any atom is 0.256 e. The first-order chi connectivity index (χ1) is 13.0. The Hall–Kier alpha value is -2.64. The van der Waals surface area contributed by atoms with Gasteiger partial charge in [-0.2, -0.15) is 0 Å². The second-order valence-corrected chi connectivity index (χ2v) is 7.03. The van der Waals surface area contributed by atoms with Crippen LogP contribution < -0.4 is 15.4 Å². The molecule has 2 aliphatic rings. The highest BCUT2D eigenvalue weighted by Gasteiger charge is 2.35. The molecule has 1 aromatic heterocycles. The van der Waals surface area contributed by atoms with Crippen molar-refractivity contribution in [2.75, 3.05) is 13.7 Å². The molecule has 8 nitrogen and oxygen atoms in total. The predicted octanol–water partition coefficient (Wildman–Crippen LogP) is 1.13. The standard InChI is InChI=1S/C19H26N4O4/c1-12(24)20-8-7-17(25)21-10-13-9-15-16(22-18(13)27-2)11-23(19(15)26)14-5-3-4-6-14/h9,14H,3-8,10-11H2,1-2H3,(H,20,24)(H,21,25). The fourth-order valence-electron chi connectivity index (χ4n) is 3.72. The van der Waals surface area contributed by atoms with E-state index < -0.39 is 0 Å². The zero-order chi connectivity index (χ0) is 19.4. The summed E-state index contributed by atoms with van der Waals surface area (Å²) in [6.07, 6.45) is 4.62. The third-order valence-electron chi connectivity index (χ3n) is 5.11. The van der Waals surface area contributed by atoms with Crippen LogP contribution >= 0.6 is 0 Å². The van der Waals surface area contributed by atoms with E-state index in [0.717, 1.165) is 31.4 Å². The normalized spacial score (nSPS) is 16.4. The van der Waals surface area contributed by atoms with Gasteiger partial charge in [-0.25, -0.2) is 4.98 Å². The van der Waals surface area contributed by atoms with Gasteiger partial charge < -0.3 is 20.3 Å². The van der Waals surface area contributed by atoms with Crippen LogP contribution in [0.2, 0.25) is 0 Å². The Morgan fingerprint density at radius 1 is 1.30 bits per heavy atom. The van der Waals surface area contributed by atoms with E-state index in [1.165, 1.54) is 14.0 Å². The van der Waals surface area contributed by atoms with E-state index in [2.05, 4.69) is 15.6 Å². The summed E-state index contributed by atoms with van der Waals surface area (Å²) in [6, 6.07) is 2.08. The first-order valence-corrected chi connectivity index (χ1v) is 9.38. The Labute approximate surface area is 158 Å². The van der Waals surface area contributed by atoms with Gasteiger partial charge >= 0.3 is 0 Å². The molecule has 2 N–H and O–H groups in total. The molecule has 2 heterocycles. The van der Waals surface area contributed by atoms with Gasteiger partial charge in [0, 0.05) is 38.0 Å². The SMILES string of the molecule is COc1nc2c(cc1CNC(=O)CCNC(C)=O)C(=O)N(C1CCCC1)C2. The van der Waals surface area contributed by atoms with E-state index in [9.17, 15) is 14.4 Å². The number of rotatable bonds is 7. The maximum atomic E-state index is 12.8. The summed E-state index contributed by atoms with van der Waals surface area (Å²) in [7, 11) is 1.53. The lowest BCUT2D eigenvalue weighted by atomic mass is 10.1. The molecule has 1 aromatic rings. The van der Waals surface area contributed by atoms with Crippen LogP contribution in [0.1, 0.15) is 60.6 Å². The third-order valence-corrected chi connectivity index (χ3v) is 5.11. The van der Waals surface area contributed by atoms with Crippen molar-refractivity contribution in [1.82, 2.24) is 20.5 Å². The van der Waals surface area contributed by atoms with Gasteiger partial charge in [-0.15, -0.1) is 0 Å². The van der Waals surface area contributed by atoms with E-state index in [1.54, 1.807) is 6.07 Å². The molecule has 8 heteroatoms. The van der Waals surface area contributed by atoms with E-state index in [-0.39, 0.29) is 37.2 Å². The number of fused-ring (bicyclic) bond motifs is 1. The lowest BCUT2D eigenvalue weighted by Crippen LogP contribution is -2.33. The summed E-state index contributed by atoms with van der Waals surface area (Å²) >= 11 is 0. The number of aromatic nitrogens is 1. The van der Waals surface area contributed by atoms with Gasteiger partial charge in [-0.05, 0) is 18.9 Å². The second-order valence-electron chi connectivity index (χ2n) is 7.03. The van der Waals surface area contributed by atoms with Crippen molar-refractivity contribution in [2.45, 2.75) is 58.2 Å². The molecule has 1 aliphatic carbocycles. The van der Waals surface area contributed by atoms with E-state index in [0.29, 0.717) is 29.6 Å². The van der Waals surface area contributed by atoms with E-state index in [4.69, 9.17) is 4.74 Å². The van der Waals surface area contributed by atoms with Crippen LogP contribution in [0.3, 0.4) is 0 Å². The van der Waals surface area contributed by atoms with E-state index >= 15 is 0 Å². The number of pyridine rings is 1. The Bertz CT molecular complexity index is 743. The Morgan fingerprint density at radius 2 is 2.04 bits per heavy atom. The Kier molecular flexibility index (Phi) is 5.93. The van der Waals surface area contributed by atoms with Gasteiger partial charge in [0.05, 0.1) is 24.9 Å². The summed E-state index contributed by atoms with van der Waals surface area (Å²) in [5.41, 5.74) is 2.01. The minimum atomic E-state index is -0.190. The van der Waals surface area contributed by atoms with Crippen LogP contribution in [0.4, 0.5) is 0 Å². The van der Waals surface area contributed by atoms with Gasteiger partial charge in [-0.1, -0.05) is 12.8 Å². The number of amides is 3. The number of nitrogens with one attached hydrogen (secondary N) is 2. The molecule has 146 valence electrons. The number of nitrogens with zero attached hydrogens (tertiary/aromatic N) is 2. The first-order valence-electron chi connectivity index (χ1n) is 9.38. The van der Waals surface area contributed by atoms with Crippen LogP contribution in [0.5, 0.6) is 5.88 Å². The topological polar surface area (TPSA) is 101 Å². The van der Waals surface area contributed by atoms with Crippen LogP contribution in [-0.4, -0.2) is 47.3 Å². The Morgan fingerprint density at radius 3 is 2.70 bits per heavy atom.